The SMILES string of the molecule is Fc1cccnc1CN1CCSCC1. The highest BCUT2D eigenvalue weighted by Gasteiger charge is 2.13. The Balaban J connectivity index is 1.99. The smallest absolute Gasteiger partial charge is 0.146 e. The number of hydrogen-bond donors (Lipinski definition) is 0. The van der Waals surface area contributed by atoms with Crippen LogP contribution in [0.2, 0.25) is 0 Å². The molecule has 2 heterocycles. The van der Waals surface area contributed by atoms with Gasteiger partial charge in [-0.05, 0) is 12.1 Å². The summed E-state index contributed by atoms with van der Waals surface area (Å²) in [5, 5.41) is 0. The third-order valence-corrected chi connectivity index (χ3v) is 3.25. The summed E-state index contributed by atoms with van der Waals surface area (Å²) in [6.45, 7) is 2.73. The summed E-state index contributed by atoms with van der Waals surface area (Å²) in [7, 11) is 0. The average Bonchev–Trinajstić information content (AvgIpc) is 2.23. The molecule has 1 fully saturated rings. The van der Waals surface area contributed by atoms with E-state index in [2.05, 4.69) is 9.88 Å². The third-order valence-electron chi connectivity index (χ3n) is 2.31. The van der Waals surface area contributed by atoms with Gasteiger partial charge in [-0.25, -0.2) is 4.39 Å². The van der Waals surface area contributed by atoms with Crippen molar-refractivity contribution in [3.05, 3.63) is 29.8 Å². The van der Waals surface area contributed by atoms with Gasteiger partial charge in [0.05, 0.1) is 5.69 Å². The number of hydrogen-bond acceptors (Lipinski definition) is 3. The summed E-state index contributed by atoms with van der Waals surface area (Å²) in [6, 6.07) is 3.10. The molecule has 1 saturated heterocycles. The number of thioether (sulfide) groups is 1. The molecule has 0 unspecified atom stereocenters. The van der Waals surface area contributed by atoms with Gasteiger partial charge in [0.25, 0.3) is 0 Å². The van der Waals surface area contributed by atoms with E-state index in [0.717, 1.165) is 24.6 Å². The Hall–Kier alpha value is -0.610. The predicted molar refractivity (Wildman–Crippen MR) is 56.8 cm³/mol. The minimum Gasteiger partial charge on any atom is -0.296 e. The van der Waals surface area contributed by atoms with E-state index in [1.165, 1.54) is 6.07 Å². The molecule has 0 amide bonds. The van der Waals surface area contributed by atoms with Gasteiger partial charge in [0.2, 0.25) is 0 Å². The zero-order valence-electron chi connectivity index (χ0n) is 7.95. The van der Waals surface area contributed by atoms with Gasteiger partial charge in [-0.15, -0.1) is 0 Å². The van der Waals surface area contributed by atoms with Gasteiger partial charge in [-0.2, -0.15) is 11.8 Å². The Morgan fingerprint density at radius 3 is 2.93 bits per heavy atom. The molecule has 0 radical (unpaired) electrons. The molecule has 0 bridgehead atoms. The van der Waals surface area contributed by atoms with Gasteiger partial charge in [0.15, 0.2) is 0 Å². The van der Waals surface area contributed by atoms with Crippen LogP contribution in [-0.2, 0) is 6.54 Å². The summed E-state index contributed by atoms with van der Waals surface area (Å²) in [4.78, 5) is 6.30. The maximum Gasteiger partial charge on any atom is 0.146 e. The quantitative estimate of drug-likeness (QED) is 0.743. The minimum absolute atomic E-state index is 0.189. The first-order valence-corrected chi connectivity index (χ1v) is 5.91. The molecule has 0 aliphatic carbocycles. The van der Waals surface area contributed by atoms with Gasteiger partial charge in [0.1, 0.15) is 5.82 Å². The number of nitrogens with zero attached hydrogens (tertiary/aromatic N) is 2. The van der Waals surface area contributed by atoms with Gasteiger partial charge in [-0.3, -0.25) is 9.88 Å². The predicted octanol–water partition coefficient (Wildman–Crippen LogP) is 1.77. The fraction of sp³-hybridized carbons (Fsp3) is 0.500. The Labute approximate surface area is 87.5 Å². The lowest BCUT2D eigenvalue weighted by Crippen LogP contribution is -2.32. The zero-order chi connectivity index (χ0) is 9.80. The van der Waals surface area contributed by atoms with Crippen molar-refractivity contribution in [2.45, 2.75) is 6.54 Å². The van der Waals surface area contributed by atoms with Crippen LogP contribution in [-0.4, -0.2) is 34.5 Å². The number of pyridine rings is 1. The Kier molecular flexibility index (Phi) is 3.37. The standard InChI is InChI=1S/C10H13FN2S/c11-9-2-1-3-12-10(9)8-13-4-6-14-7-5-13/h1-3H,4-8H2. The second-order valence-electron chi connectivity index (χ2n) is 3.32. The van der Waals surface area contributed by atoms with Crippen molar-refractivity contribution in [2.75, 3.05) is 24.6 Å². The molecule has 0 N–H and O–H groups in total. The van der Waals surface area contributed by atoms with Crippen molar-refractivity contribution >= 4 is 11.8 Å². The Bertz CT molecular complexity index is 300. The molecular weight excluding hydrogens is 199 g/mol. The van der Waals surface area contributed by atoms with Crippen LogP contribution >= 0.6 is 11.8 Å². The number of aromatic nitrogens is 1. The van der Waals surface area contributed by atoms with E-state index < -0.39 is 0 Å². The molecule has 14 heavy (non-hydrogen) atoms. The van der Waals surface area contributed by atoms with Crippen LogP contribution in [0.15, 0.2) is 18.3 Å². The van der Waals surface area contributed by atoms with Gasteiger partial charge in [-0.1, -0.05) is 0 Å². The summed E-state index contributed by atoms with van der Waals surface area (Å²) in [5.41, 5.74) is 0.569. The molecule has 1 aliphatic rings. The molecule has 1 aromatic heterocycles. The lowest BCUT2D eigenvalue weighted by Gasteiger charge is -2.25. The highest BCUT2D eigenvalue weighted by Crippen LogP contribution is 2.13. The Morgan fingerprint density at radius 1 is 1.43 bits per heavy atom. The highest BCUT2D eigenvalue weighted by molar-refractivity contribution is 7.99. The molecule has 2 nitrogen and oxygen atoms in total. The second-order valence-corrected chi connectivity index (χ2v) is 4.55. The van der Waals surface area contributed by atoms with E-state index in [1.54, 1.807) is 12.3 Å². The summed E-state index contributed by atoms with van der Waals surface area (Å²) < 4.78 is 13.3. The molecular formula is C10H13FN2S. The summed E-state index contributed by atoms with van der Waals surface area (Å²) >= 11 is 1.96. The van der Waals surface area contributed by atoms with Crippen LogP contribution in [0.5, 0.6) is 0 Å². The van der Waals surface area contributed by atoms with Crippen LogP contribution in [0.4, 0.5) is 4.39 Å². The first-order chi connectivity index (χ1) is 6.86. The highest BCUT2D eigenvalue weighted by atomic mass is 32.2. The first-order valence-electron chi connectivity index (χ1n) is 4.76. The number of halogens is 1. The lowest BCUT2D eigenvalue weighted by molar-refractivity contribution is 0.286. The number of rotatable bonds is 2. The first kappa shape index (κ1) is 9.93. The van der Waals surface area contributed by atoms with E-state index >= 15 is 0 Å². The van der Waals surface area contributed by atoms with E-state index in [9.17, 15) is 4.39 Å². The molecule has 4 heteroatoms. The van der Waals surface area contributed by atoms with Crippen molar-refractivity contribution < 1.29 is 4.39 Å². The van der Waals surface area contributed by atoms with Crippen LogP contribution in [0.25, 0.3) is 0 Å². The zero-order valence-corrected chi connectivity index (χ0v) is 8.76. The average molecular weight is 212 g/mol. The van der Waals surface area contributed by atoms with Crippen molar-refractivity contribution in [2.24, 2.45) is 0 Å². The Morgan fingerprint density at radius 2 is 2.21 bits per heavy atom. The molecule has 0 spiro atoms. The minimum atomic E-state index is -0.189. The maximum absolute atomic E-state index is 13.3. The van der Waals surface area contributed by atoms with E-state index in [1.807, 2.05) is 11.8 Å². The fourth-order valence-electron chi connectivity index (χ4n) is 1.51. The van der Waals surface area contributed by atoms with Crippen LogP contribution in [0.1, 0.15) is 5.69 Å². The van der Waals surface area contributed by atoms with Crippen LogP contribution in [0.3, 0.4) is 0 Å². The normalized spacial score (nSPS) is 18.4. The second kappa shape index (κ2) is 4.75. The van der Waals surface area contributed by atoms with E-state index in [4.69, 9.17) is 0 Å². The van der Waals surface area contributed by atoms with Crippen molar-refractivity contribution in [3.8, 4) is 0 Å². The molecule has 0 atom stereocenters. The third kappa shape index (κ3) is 2.45. The maximum atomic E-state index is 13.3. The molecule has 0 saturated carbocycles. The van der Waals surface area contributed by atoms with Crippen molar-refractivity contribution in [1.82, 2.24) is 9.88 Å². The molecule has 0 aromatic carbocycles. The molecule has 1 aliphatic heterocycles. The van der Waals surface area contributed by atoms with Gasteiger partial charge >= 0.3 is 0 Å². The summed E-state index contributed by atoms with van der Waals surface area (Å²) in [5.74, 6) is 2.11. The monoisotopic (exact) mass is 212 g/mol. The van der Waals surface area contributed by atoms with Gasteiger partial charge < -0.3 is 0 Å². The van der Waals surface area contributed by atoms with E-state index in [-0.39, 0.29) is 5.82 Å². The summed E-state index contributed by atoms with van der Waals surface area (Å²) in [6.07, 6.45) is 1.65. The fourth-order valence-corrected chi connectivity index (χ4v) is 2.48. The van der Waals surface area contributed by atoms with Crippen LogP contribution in [0, 0.1) is 5.82 Å². The molecule has 2 rings (SSSR count). The van der Waals surface area contributed by atoms with E-state index in [0.29, 0.717) is 12.2 Å². The molecule has 76 valence electrons. The largest absolute Gasteiger partial charge is 0.296 e. The van der Waals surface area contributed by atoms with Crippen molar-refractivity contribution in [3.63, 3.8) is 0 Å². The van der Waals surface area contributed by atoms with Gasteiger partial charge in [0, 0.05) is 37.3 Å². The van der Waals surface area contributed by atoms with Crippen molar-refractivity contribution in [1.29, 1.82) is 0 Å². The van der Waals surface area contributed by atoms with Crippen LogP contribution < -0.4 is 0 Å². The topological polar surface area (TPSA) is 16.1 Å². The molecule has 1 aromatic rings. The lowest BCUT2D eigenvalue weighted by atomic mass is 10.3.